The number of rotatable bonds is 8. The Kier molecular flexibility index (Phi) is 6.51. The van der Waals surface area contributed by atoms with Crippen LogP contribution in [-0.4, -0.2) is 23.6 Å². The highest BCUT2D eigenvalue weighted by atomic mass is 19.3. The number of nitrogens with zero attached hydrogens (tertiary/aromatic N) is 1. The van der Waals surface area contributed by atoms with E-state index in [0.29, 0.717) is 22.5 Å². The summed E-state index contributed by atoms with van der Waals surface area (Å²) in [5, 5.41) is 2.74. The Labute approximate surface area is 171 Å². The quantitative estimate of drug-likeness (QED) is 0.532. The number of aromatic nitrogens is 1. The first kappa shape index (κ1) is 21.1. The van der Waals surface area contributed by atoms with E-state index in [-0.39, 0.29) is 35.9 Å². The molecule has 0 saturated carbocycles. The van der Waals surface area contributed by atoms with Crippen LogP contribution in [0.25, 0.3) is 11.5 Å². The molecule has 0 unspecified atom stereocenters. The van der Waals surface area contributed by atoms with Gasteiger partial charge in [0.1, 0.15) is 6.26 Å². The Bertz CT molecular complexity index is 1000. The van der Waals surface area contributed by atoms with Crippen LogP contribution in [0, 0.1) is 0 Å². The maximum atomic E-state index is 12.6. The molecule has 0 aliphatic heterocycles. The number of alkyl halides is 2. The molecule has 1 aromatic heterocycles. The molecule has 0 fully saturated rings. The van der Waals surface area contributed by atoms with E-state index in [2.05, 4.69) is 15.0 Å². The molecule has 1 amide bonds. The second-order valence-electron chi connectivity index (χ2n) is 6.66. The van der Waals surface area contributed by atoms with E-state index >= 15 is 0 Å². The van der Waals surface area contributed by atoms with E-state index in [1.807, 2.05) is 0 Å². The molecule has 3 N–H and O–H groups in total. The zero-order valence-corrected chi connectivity index (χ0v) is 16.4. The molecule has 30 heavy (non-hydrogen) atoms. The third-order valence-corrected chi connectivity index (χ3v) is 3.92. The summed E-state index contributed by atoms with van der Waals surface area (Å²) >= 11 is 0. The summed E-state index contributed by atoms with van der Waals surface area (Å²) in [6, 6.07) is 10.9. The second kappa shape index (κ2) is 9.25. The van der Waals surface area contributed by atoms with Crippen LogP contribution in [0.1, 0.15) is 29.9 Å². The number of nitrogens with one attached hydrogen (secondary N) is 1. The fourth-order valence-electron chi connectivity index (χ4n) is 2.61. The number of ether oxygens (including phenoxy) is 2. The van der Waals surface area contributed by atoms with Crippen LogP contribution in [0.5, 0.6) is 11.5 Å². The van der Waals surface area contributed by atoms with Gasteiger partial charge < -0.3 is 24.9 Å². The van der Waals surface area contributed by atoms with Crippen LogP contribution in [0.4, 0.5) is 14.5 Å². The fraction of sp³-hybridized carbons (Fsp3) is 0.238. The minimum absolute atomic E-state index is 0.0787. The zero-order valence-electron chi connectivity index (χ0n) is 16.4. The Morgan fingerprint density at radius 2 is 1.87 bits per heavy atom. The van der Waals surface area contributed by atoms with Crippen LogP contribution in [0.15, 0.2) is 53.1 Å². The molecule has 0 radical (unpaired) electrons. The van der Waals surface area contributed by atoms with E-state index in [9.17, 15) is 13.6 Å². The van der Waals surface area contributed by atoms with Gasteiger partial charge in [-0.2, -0.15) is 8.78 Å². The van der Waals surface area contributed by atoms with E-state index in [1.54, 1.807) is 38.1 Å². The summed E-state index contributed by atoms with van der Waals surface area (Å²) in [5.74, 6) is 0.0498. The van der Waals surface area contributed by atoms with Gasteiger partial charge in [-0.1, -0.05) is 0 Å². The lowest BCUT2D eigenvalue weighted by Crippen LogP contribution is -2.22. The predicted octanol–water partition coefficient (Wildman–Crippen LogP) is 4.24. The van der Waals surface area contributed by atoms with Crippen molar-refractivity contribution in [2.45, 2.75) is 33.1 Å². The van der Waals surface area contributed by atoms with Gasteiger partial charge in [-0.05, 0) is 56.3 Å². The molecule has 7 nitrogen and oxygen atoms in total. The molecule has 0 atom stereocenters. The smallest absolute Gasteiger partial charge is 0.387 e. The molecular formula is C21H21F2N3O4. The summed E-state index contributed by atoms with van der Waals surface area (Å²) in [5.41, 5.74) is 7.66. The molecule has 0 spiro atoms. The van der Waals surface area contributed by atoms with Crippen molar-refractivity contribution >= 4 is 11.6 Å². The van der Waals surface area contributed by atoms with Crippen molar-refractivity contribution < 1.29 is 27.5 Å². The van der Waals surface area contributed by atoms with Gasteiger partial charge in [0.05, 0.1) is 18.3 Å². The maximum Gasteiger partial charge on any atom is 0.387 e. The van der Waals surface area contributed by atoms with Gasteiger partial charge >= 0.3 is 6.61 Å². The monoisotopic (exact) mass is 417 g/mol. The van der Waals surface area contributed by atoms with Crippen LogP contribution in [0.2, 0.25) is 0 Å². The van der Waals surface area contributed by atoms with Gasteiger partial charge in [0.2, 0.25) is 5.89 Å². The van der Waals surface area contributed by atoms with Gasteiger partial charge in [0, 0.05) is 16.8 Å². The second-order valence-corrected chi connectivity index (χ2v) is 6.66. The molecule has 1 heterocycles. The third kappa shape index (κ3) is 5.47. The first-order chi connectivity index (χ1) is 14.3. The lowest BCUT2D eigenvalue weighted by atomic mass is 10.2. The topological polar surface area (TPSA) is 99.6 Å². The van der Waals surface area contributed by atoms with Crippen molar-refractivity contribution in [1.29, 1.82) is 0 Å². The van der Waals surface area contributed by atoms with E-state index in [1.165, 1.54) is 24.5 Å². The number of hydrogen-bond acceptors (Lipinski definition) is 6. The Balaban J connectivity index is 1.71. The largest absolute Gasteiger partial charge is 0.487 e. The molecular weight excluding hydrogens is 396 g/mol. The number of hydrogen-bond donors (Lipinski definition) is 2. The average molecular weight is 417 g/mol. The van der Waals surface area contributed by atoms with Crippen molar-refractivity contribution in [2.24, 2.45) is 0 Å². The number of anilines is 1. The van der Waals surface area contributed by atoms with Gasteiger partial charge in [0.25, 0.3) is 5.91 Å². The molecule has 3 rings (SSSR count). The molecule has 158 valence electrons. The average Bonchev–Trinajstić information content (AvgIpc) is 3.16. The zero-order chi connectivity index (χ0) is 21.7. The first-order valence-corrected chi connectivity index (χ1v) is 9.16. The van der Waals surface area contributed by atoms with Gasteiger partial charge in [-0.15, -0.1) is 0 Å². The summed E-state index contributed by atoms with van der Waals surface area (Å²) in [7, 11) is 0. The third-order valence-electron chi connectivity index (χ3n) is 3.92. The lowest BCUT2D eigenvalue weighted by Gasteiger charge is -2.15. The Morgan fingerprint density at radius 1 is 1.13 bits per heavy atom. The van der Waals surface area contributed by atoms with Crippen molar-refractivity contribution in [2.75, 3.05) is 5.73 Å². The number of amides is 1. The SMILES string of the molecule is CC(C)Oc1cc(-c2nc(CNC(=O)c3ccc(N)cc3)co2)ccc1OC(F)F. The molecule has 3 aromatic rings. The highest BCUT2D eigenvalue weighted by molar-refractivity contribution is 5.94. The normalized spacial score (nSPS) is 11.0. The molecule has 0 saturated heterocycles. The summed E-state index contributed by atoms with van der Waals surface area (Å²) in [6.45, 7) is 0.718. The van der Waals surface area contributed by atoms with Crippen molar-refractivity contribution in [3.05, 3.63) is 60.0 Å². The highest BCUT2D eigenvalue weighted by Gasteiger charge is 2.16. The van der Waals surface area contributed by atoms with E-state index in [0.717, 1.165) is 0 Å². The van der Waals surface area contributed by atoms with Crippen LogP contribution in [-0.2, 0) is 6.54 Å². The first-order valence-electron chi connectivity index (χ1n) is 9.16. The predicted molar refractivity (Wildman–Crippen MR) is 106 cm³/mol. The van der Waals surface area contributed by atoms with Crippen LogP contribution >= 0.6 is 0 Å². The van der Waals surface area contributed by atoms with Crippen LogP contribution < -0.4 is 20.5 Å². The van der Waals surface area contributed by atoms with Crippen molar-refractivity contribution in [1.82, 2.24) is 10.3 Å². The summed E-state index contributed by atoms with van der Waals surface area (Å²) in [6.07, 6.45) is 1.16. The number of nitrogen functional groups attached to an aromatic ring is 1. The number of nitrogens with two attached hydrogens (primary N) is 1. The van der Waals surface area contributed by atoms with Gasteiger partial charge in [-0.25, -0.2) is 4.98 Å². The number of benzene rings is 2. The molecule has 0 bridgehead atoms. The summed E-state index contributed by atoms with van der Waals surface area (Å²) in [4.78, 5) is 16.5. The number of carbonyl (C=O) groups is 1. The fourth-order valence-corrected chi connectivity index (χ4v) is 2.61. The van der Waals surface area contributed by atoms with Gasteiger partial charge in [-0.3, -0.25) is 4.79 Å². The standard InChI is InChI=1S/C21H21F2N3O4/c1-12(2)29-18-9-14(5-8-17(18)30-21(22)23)20-26-16(11-28-20)10-25-19(27)13-3-6-15(24)7-4-13/h3-9,11-12,21H,10,24H2,1-2H3,(H,25,27). The number of halogens is 2. The molecule has 9 heteroatoms. The maximum absolute atomic E-state index is 12.6. The summed E-state index contributed by atoms with van der Waals surface area (Å²) < 4.78 is 40.7. The Morgan fingerprint density at radius 3 is 2.53 bits per heavy atom. The van der Waals surface area contributed by atoms with Crippen LogP contribution in [0.3, 0.4) is 0 Å². The van der Waals surface area contributed by atoms with Gasteiger partial charge in [0.15, 0.2) is 11.5 Å². The minimum atomic E-state index is -2.97. The van der Waals surface area contributed by atoms with Crippen molar-refractivity contribution in [3.8, 4) is 23.0 Å². The Hall–Kier alpha value is -3.62. The molecule has 0 aliphatic carbocycles. The minimum Gasteiger partial charge on any atom is -0.487 e. The van der Waals surface area contributed by atoms with Crippen molar-refractivity contribution in [3.63, 3.8) is 0 Å². The molecule has 0 aliphatic rings. The van der Waals surface area contributed by atoms with E-state index in [4.69, 9.17) is 14.9 Å². The lowest BCUT2D eigenvalue weighted by molar-refractivity contribution is -0.0518. The number of carbonyl (C=O) groups excluding carboxylic acids is 1. The highest BCUT2D eigenvalue weighted by Crippen LogP contribution is 2.34. The van der Waals surface area contributed by atoms with E-state index < -0.39 is 6.61 Å². The number of oxazole rings is 1. The molecule has 2 aromatic carbocycles.